The van der Waals surface area contributed by atoms with Crippen LogP contribution in [0.1, 0.15) is 11.1 Å². The number of hydrogen-bond donors (Lipinski definition) is 1. The Bertz CT molecular complexity index is 931. The minimum atomic E-state index is -4.73. The first kappa shape index (κ1) is 19.2. The Balaban J connectivity index is 1.78. The van der Waals surface area contributed by atoms with E-state index < -0.39 is 29.0 Å². The molecule has 0 spiro atoms. The van der Waals surface area contributed by atoms with Gasteiger partial charge in [0, 0.05) is 19.6 Å². The van der Waals surface area contributed by atoms with Crippen molar-refractivity contribution in [3.63, 3.8) is 0 Å². The maximum atomic E-state index is 13.2. The smallest absolute Gasteiger partial charge is 0.358 e. The molecule has 1 aliphatic rings. The lowest BCUT2D eigenvalue weighted by Gasteiger charge is -2.36. The van der Waals surface area contributed by atoms with E-state index in [2.05, 4.69) is 10.2 Å². The monoisotopic (exact) mass is 404 g/mol. The van der Waals surface area contributed by atoms with Gasteiger partial charge in [0.2, 0.25) is 5.91 Å². The van der Waals surface area contributed by atoms with Crippen LogP contribution in [0.2, 0.25) is 5.02 Å². The summed E-state index contributed by atoms with van der Waals surface area (Å²) in [6.45, 7) is -0.119. The van der Waals surface area contributed by atoms with E-state index in [0.29, 0.717) is 6.07 Å². The fraction of sp³-hybridized carbons (Fsp3) is 0.312. The van der Waals surface area contributed by atoms with Crippen LogP contribution in [-0.2, 0) is 17.5 Å². The summed E-state index contributed by atoms with van der Waals surface area (Å²) < 4.78 is 52.5. The van der Waals surface area contributed by atoms with Crippen LogP contribution >= 0.6 is 11.6 Å². The zero-order valence-electron chi connectivity index (χ0n) is 13.7. The van der Waals surface area contributed by atoms with Gasteiger partial charge in [0.05, 0.1) is 24.0 Å². The molecule has 11 heteroatoms. The zero-order chi connectivity index (χ0) is 19.8. The van der Waals surface area contributed by atoms with Crippen molar-refractivity contribution in [1.29, 1.82) is 0 Å². The number of rotatable bonds is 3. The first-order chi connectivity index (χ1) is 12.7. The molecule has 0 unspecified atom stereocenters. The van der Waals surface area contributed by atoms with Crippen LogP contribution in [-0.4, -0.2) is 40.6 Å². The molecule has 1 saturated heterocycles. The van der Waals surface area contributed by atoms with Crippen LogP contribution in [0.5, 0.6) is 0 Å². The first-order valence-electron chi connectivity index (χ1n) is 7.78. The number of halogens is 5. The zero-order valence-corrected chi connectivity index (χ0v) is 14.4. The molecule has 1 amide bonds. The second kappa shape index (κ2) is 7.18. The average Bonchev–Trinajstić information content (AvgIpc) is 2.59. The van der Waals surface area contributed by atoms with Gasteiger partial charge in [0.25, 0.3) is 5.56 Å². The molecule has 2 heterocycles. The highest BCUT2D eigenvalue weighted by molar-refractivity contribution is 6.33. The molecular formula is C16H13ClF4N4O2. The highest BCUT2D eigenvalue weighted by Crippen LogP contribution is 2.33. The van der Waals surface area contributed by atoms with Gasteiger partial charge >= 0.3 is 6.18 Å². The summed E-state index contributed by atoms with van der Waals surface area (Å²) in [7, 11) is 0. The number of hydrogen-bond acceptors (Lipinski definition) is 4. The highest BCUT2D eigenvalue weighted by atomic mass is 35.5. The molecule has 0 atom stereocenters. The Morgan fingerprint density at radius 3 is 2.63 bits per heavy atom. The molecule has 3 rings (SSSR count). The van der Waals surface area contributed by atoms with Gasteiger partial charge in [0.1, 0.15) is 10.8 Å². The Hall–Kier alpha value is -2.62. The predicted octanol–water partition coefficient (Wildman–Crippen LogP) is 2.43. The number of amides is 1. The van der Waals surface area contributed by atoms with Gasteiger partial charge in [-0.2, -0.15) is 18.3 Å². The van der Waals surface area contributed by atoms with E-state index in [9.17, 15) is 27.2 Å². The Morgan fingerprint density at radius 1 is 1.22 bits per heavy atom. The molecule has 6 nitrogen and oxygen atoms in total. The van der Waals surface area contributed by atoms with E-state index >= 15 is 0 Å². The number of carbonyl (C=O) groups excluding carboxylic acids is 1. The summed E-state index contributed by atoms with van der Waals surface area (Å²) in [5.74, 6) is -1.45. The molecule has 0 aliphatic carbocycles. The Kier molecular flexibility index (Phi) is 5.09. The van der Waals surface area contributed by atoms with Crippen LogP contribution in [0.3, 0.4) is 0 Å². The fourth-order valence-electron chi connectivity index (χ4n) is 2.83. The van der Waals surface area contributed by atoms with Crippen molar-refractivity contribution in [2.24, 2.45) is 0 Å². The molecule has 0 radical (unpaired) electrons. The van der Waals surface area contributed by atoms with E-state index in [4.69, 9.17) is 11.6 Å². The maximum Gasteiger partial charge on any atom is 0.416 e. The van der Waals surface area contributed by atoms with Crippen molar-refractivity contribution < 1.29 is 22.4 Å². The largest absolute Gasteiger partial charge is 0.416 e. The summed E-state index contributed by atoms with van der Waals surface area (Å²) in [5.41, 5.74) is -1.64. The second-order valence-electron chi connectivity index (χ2n) is 5.93. The van der Waals surface area contributed by atoms with E-state index in [1.807, 2.05) is 0 Å². The maximum absolute atomic E-state index is 13.2. The van der Waals surface area contributed by atoms with E-state index in [0.717, 1.165) is 12.1 Å². The van der Waals surface area contributed by atoms with Crippen LogP contribution in [0.15, 0.2) is 29.2 Å². The number of aromatic amines is 1. The van der Waals surface area contributed by atoms with Crippen molar-refractivity contribution in [3.8, 4) is 0 Å². The number of anilines is 1. The van der Waals surface area contributed by atoms with Crippen LogP contribution in [0.25, 0.3) is 0 Å². The molecule has 1 aromatic heterocycles. The molecule has 1 aromatic carbocycles. The normalized spacial score (nSPS) is 15.4. The summed E-state index contributed by atoms with van der Waals surface area (Å²) >= 11 is 5.92. The molecule has 1 fully saturated rings. The quantitative estimate of drug-likeness (QED) is 0.798. The lowest BCUT2D eigenvalue weighted by atomic mass is 10.1. The van der Waals surface area contributed by atoms with Crippen molar-refractivity contribution in [2.75, 3.05) is 24.5 Å². The Labute approximate surface area is 155 Å². The molecule has 0 bridgehead atoms. The third-order valence-corrected chi connectivity index (χ3v) is 4.54. The van der Waals surface area contributed by atoms with Crippen molar-refractivity contribution in [1.82, 2.24) is 15.1 Å². The van der Waals surface area contributed by atoms with E-state index in [1.165, 1.54) is 16.0 Å². The van der Waals surface area contributed by atoms with Crippen LogP contribution in [0, 0.1) is 5.82 Å². The van der Waals surface area contributed by atoms with Gasteiger partial charge in [-0.15, -0.1) is 0 Å². The predicted molar refractivity (Wildman–Crippen MR) is 88.9 cm³/mol. The summed E-state index contributed by atoms with van der Waals surface area (Å²) in [6, 6.07) is 2.36. The molecule has 1 aliphatic heterocycles. The van der Waals surface area contributed by atoms with Gasteiger partial charge in [-0.05, 0) is 17.7 Å². The number of aromatic nitrogens is 2. The topological polar surface area (TPSA) is 69.3 Å². The third-order valence-electron chi connectivity index (χ3n) is 4.18. The number of piperazine rings is 1. The standard InChI is InChI=1S/C16H13ClF4N4O2/c17-14-12(6-22-23-15(14)27)24-3-4-25(13(26)8-24)7-9-1-2-10(18)5-11(9)16(19,20)21/h1-2,5-6H,3-4,7-8H2,(H,23,27). The van der Waals surface area contributed by atoms with Gasteiger partial charge in [-0.3, -0.25) is 9.59 Å². The van der Waals surface area contributed by atoms with Crippen molar-refractivity contribution in [2.45, 2.75) is 12.7 Å². The first-order valence-corrected chi connectivity index (χ1v) is 8.16. The number of H-pyrrole nitrogens is 1. The molecule has 1 N–H and O–H groups in total. The lowest BCUT2D eigenvalue weighted by molar-refractivity contribution is -0.140. The molecule has 27 heavy (non-hydrogen) atoms. The summed E-state index contributed by atoms with van der Waals surface area (Å²) in [6.07, 6.45) is -3.43. The van der Waals surface area contributed by atoms with Crippen molar-refractivity contribution in [3.05, 3.63) is 56.7 Å². The van der Waals surface area contributed by atoms with Crippen LogP contribution < -0.4 is 10.5 Å². The number of alkyl halides is 3. The average molecular weight is 405 g/mol. The number of carbonyl (C=O) groups is 1. The molecule has 0 saturated carbocycles. The number of benzene rings is 1. The molecule has 2 aromatic rings. The molecular weight excluding hydrogens is 392 g/mol. The minimum Gasteiger partial charge on any atom is -0.358 e. The highest BCUT2D eigenvalue weighted by Gasteiger charge is 2.35. The lowest BCUT2D eigenvalue weighted by Crippen LogP contribution is -2.50. The molecule has 144 valence electrons. The summed E-state index contributed by atoms with van der Waals surface area (Å²) in [4.78, 5) is 26.7. The van der Waals surface area contributed by atoms with Crippen molar-refractivity contribution >= 4 is 23.2 Å². The number of nitrogens with one attached hydrogen (secondary N) is 1. The van der Waals surface area contributed by atoms with E-state index in [1.54, 1.807) is 0 Å². The van der Waals surface area contributed by atoms with E-state index in [-0.39, 0.29) is 42.5 Å². The van der Waals surface area contributed by atoms with Gasteiger partial charge in [-0.25, -0.2) is 9.49 Å². The summed E-state index contributed by atoms with van der Waals surface area (Å²) in [5, 5.41) is 5.67. The Morgan fingerprint density at radius 2 is 1.96 bits per heavy atom. The van der Waals surface area contributed by atoms with Gasteiger partial charge in [-0.1, -0.05) is 17.7 Å². The fourth-order valence-corrected chi connectivity index (χ4v) is 3.04. The SMILES string of the molecule is O=C1CN(c2cn[nH]c(=O)c2Cl)CCN1Cc1ccc(F)cc1C(F)(F)F. The van der Waals surface area contributed by atoms with Gasteiger partial charge in [0.15, 0.2) is 0 Å². The number of nitrogens with zero attached hydrogens (tertiary/aromatic N) is 3. The van der Waals surface area contributed by atoms with Gasteiger partial charge < -0.3 is 9.80 Å². The third kappa shape index (κ3) is 4.05. The van der Waals surface area contributed by atoms with Crippen LogP contribution in [0.4, 0.5) is 23.2 Å². The second-order valence-corrected chi connectivity index (χ2v) is 6.31. The minimum absolute atomic E-state index is 0.108.